The van der Waals surface area contributed by atoms with Crippen LogP contribution in [0.2, 0.25) is 0 Å². The molecule has 2 heteroatoms. The van der Waals surface area contributed by atoms with Gasteiger partial charge >= 0.3 is 5.97 Å². The van der Waals surface area contributed by atoms with Gasteiger partial charge in [0.15, 0.2) is 0 Å². The van der Waals surface area contributed by atoms with Crippen LogP contribution in [-0.2, 0) is 4.79 Å². The highest BCUT2D eigenvalue weighted by Gasteiger charge is 2.38. The lowest BCUT2D eigenvalue weighted by Gasteiger charge is -2.21. The van der Waals surface area contributed by atoms with Gasteiger partial charge in [-0.15, -0.1) is 0 Å². The summed E-state index contributed by atoms with van der Waals surface area (Å²) >= 11 is 0. The van der Waals surface area contributed by atoms with E-state index >= 15 is 0 Å². The Hall–Kier alpha value is -0.530. The molecule has 0 amide bonds. The summed E-state index contributed by atoms with van der Waals surface area (Å²) in [5.74, 6) is 2.63. The standard InChI is InChI=1S/C17H30O2/c18-17(19)9-7-5-3-1-2-4-6-8-15-12-14-10-11-16(15)13-14/h14-16H,1-13H2,(H,18,19). The first-order valence-electron chi connectivity index (χ1n) is 8.47. The fourth-order valence-electron chi connectivity index (χ4n) is 4.30. The van der Waals surface area contributed by atoms with E-state index in [1.54, 1.807) is 12.8 Å². The largest absolute Gasteiger partial charge is 0.481 e. The molecule has 0 aliphatic heterocycles. The van der Waals surface area contributed by atoms with Crippen LogP contribution in [0.15, 0.2) is 0 Å². The summed E-state index contributed by atoms with van der Waals surface area (Å²) < 4.78 is 0. The highest BCUT2D eigenvalue weighted by Crippen LogP contribution is 2.49. The van der Waals surface area contributed by atoms with Crippen molar-refractivity contribution < 1.29 is 9.90 Å². The first-order chi connectivity index (χ1) is 9.25. The molecule has 3 atom stereocenters. The van der Waals surface area contributed by atoms with Gasteiger partial charge in [-0.1, -0.05) is 51.4 Å². The van der Waals surface area contributed by atoms with Gasteiger partial charge in [-0.3, -0.25) is 4.79 Å². The number of rotatable bonds is 10. The number of hydrogen-bond donors (Lipinski definition) is 1. The molecule has 0 aromatic heterocycles. The molecule has 0 radical (unpaired) electrons. The van der Waals surface area contributed by atoms with Crippen molar-refractivity contribution in [3.63, 3.8) is 0 Å². The van der Waals surface area contributed by atoms with Gasteiger partial charge in [0.1, 0.15) is 0 Å². The Morgan fingerprint density at radius 3 is 2.16 bits per heavy atom. The Morgan fingerprint density at radius 2 is 1.58 bits per heavy atom. The molecule has 19 heavy (non-hydrogen) atoms. The van der Waals surface area contributed by atoms with Gasteiger partial charge in [-0.25, -0.2) is 0 Å². The highest BCUT2D eigenvalue weighted by molar-refractivity contribution is 5.66. The fraction of sp³-hybridized carbons (Fsp3) is 0.941. The number of carbonyl (C=O) groups is 1. The molecule has 2 saturated carbocycles. The normalized spacial score (nSPS) is 28.9. The molecule has 2 aliphatic rings. The first-order valence-corrected chi connectivity index (χ1v) is 8.47. The van der Waals surface area contributed by atoms with E-state index in [0.29, 0.717) is 6.42 Å². The Bertz CT molecular complexity index is 274. The fourth-order valence-corrected chi connectivity index (χ4v) is 4.30. The van der Waals surface area contributed by atoms with Crippen LogP contribution >= 0.6 is 0 Å². The van der Waals surface area contributed by atoms with E-state index in [0.717, 1.165) is 30.6 Å². The molecular formula is C17H30O2. The van der Waals surface area contributed by atoms with Gasteiger partial charge < -0.3 is 5.11 Å². The molecule has 110 valence electrons. The van der Waals surface area contributed by atoms with Crippen molar-refractivity contribution in [3.05, 3.63) is 0 Å². The zero-order chi connectivity index (χ0) is 13.5. The maximum absolute atomic E-state index is 10.4. The minimum atomic E-state index is -0.647. The summed E-state index contributed by atoms with van der Waals surface area (Å²) in [6, 6.07) is 0. The molecule has 0 heterocycles. The quantitative estimate of drug-likeness (QED) is 0.564. The lowest BCUT2D eigenvalue weighted by atomic mass is 9.85. The van der Waals surface area contributed by atoms with Crippen molar-refractivity contribution in [1.29, 1.82) is 0 Å². The average Bonchev–Trinajstić information content (AvgIpc) is 2.98. The first kappa shape index (κ1) is 14.9. The van der Waals surface area contributed by atoms with Crippen LogP contribution in [0.25, 0.3) is 0 Å². The monoisotopic (exact) mass is 266 g/mol. The number of fused-ring (bicyclic) bond motifs is 2. The van der Waals surface area contributed by atoms with Crippen molar-refractivity contribution in [2.45, 2.75) is 83.5 Å². The molecule has 0 spiro atoms. The predicted octanol–water partition coefficient (Wildman–Crippen LogP) is 5.02. The molecule has 2 bridgehead atoms. The van der Waals surface area contributed by atoms with E-state index < -0.39 is 5.97 Å². The number of unbranched alkanes of at least 4 members (excludes halogenated alkanes) is 6. The third kappa shape index (κ3) is 5.16. The molecule has 1 N–H and O–H groups in total. The van der Waals surface area contributed by atoms with Crippen LogP contribution in [0, 0.1) is 17.8 Å². The van der Waals surface area contributed by atoms with E-state index in [4.69, 9.17) is 5.11 Å². The van der Waals surface area contributed by atoms with Crippen LogP contribution < -0.4 is 0 Å². The van der Waals surface area contributed by atoms with Crippen LogP contribution in [0.1, 0.15) is 83.5 Å². The Labute approximate surface area is 118 Å². The van der Waals surface area contributed by atoms with Gasteiger partial charge in [0.25, 0.3) is 0 Å². The van der Waals surface area contributed by atoms with Crippen molar-refractivity contribution in [3.8, 4) is 0 Å². The van der Waals surface area contributed by atoms with Crippen molar-refractivity contribution in [2.24, 2.45) is 17.8 Å². The lowest BCUT2D eigenvalue weighted by Crippen LogP contribution is -2.09. The van der Waals surface area contributed by atoms with Crippen LogP contribution in [0.3, 0.4) is 0 Å². The third-order valence-electron chi connectivity index (χ3n) is 5.35. The van der Waals surface area contributed by atoms with E-state index in [-0.39, 0.29) is 0 Å². The number of hydrogen-bond acceptors (Lipinski definition) is 1. The van der Waals surface area contributed by atoms with Crippen molar-refractivity contribution >= 4 is 5.97 Å². The molecule has 0 aromatic rings. The number of carboxylic acid groups (broad SMARTS) is 1. The second-order valence-electron chi connectivity index (χ2n) is 6.84. The molecule has 3 unspecified atom stereocenters. The van der Waals surface area contributed by atoms with E-state index in [2.05, 4.69) is 0 Å². The lowest BCUT2D eigenvalue weighted by molar-refractivity contribution is -0.137. The SMILES string of the molecule is O=C(O)CCCCCCCCCC1CC2CCC1C2. The average molecular weight is 266 g/mol. The van der Waals surface area contributed by atoms with Crippen LogP contribution in [0.5, 0.6) is 0 Å². The van der Waals surface area contributed by atoms with E-state index in [1.807, 2.05) is 0 Å². The minimum Gasteiger partial charge on any atom is -0.481 e. The number of carboxylic acids is 1. The molecule has 2 nitrogen and oxygen atoms in total. The second-order valence-corrected chi connectivity index (χ2v) is 6.84. The molecule has 0 saturated heterocycles. The zero-order valence-corrected chi connectivity index (χ0v) is 12.3. The molecule has 0 aromatic carbocycles. The third-order valence-corrected chi connectivity index (χ3v) is 5.35. The minimum absolute atomic E-state index is 0.351. The Morgan fingerprint density at radius 1 is 0.895 bits per heavy atom. The smallest absolute Gasteiger partial charge is 0.303 e. The summed E-state index contributed by atoms with van der Waals surface area (Å²) in [4.78, 5) is 10.4. The molecule has 2 fully saturated rings. The topological polar surface area (TPSA) is 37.3 Å². The molecule has 2 rings (SSSR count). The van der Waals surface area contributed by atoms with Gasteiger partial charge in [0, 0.05) is 6.42 Å². The van der Waals surface area contributed by atoms with Gasteiger partial charge in [0.2, 0.25) is 0 Å². The number of aliphatic carboxylic acids is 1. The van der Waals surface area contributed by atoms with Crippen LogP contribution in [0.4, 0.5) is 0 Å². The summed E-state index contributed by atoms with van der Waals surface area (Å²) in [5.41, 5.74) is 0. The summed E-state index contributed by atoms with van der Waals surface area (Å²) in [6.07, 6.45) is 16.6. The second kappa shape index (κ2) is 7.91. The van der Waals surface area contributed by atoms with Crippen LogP contribution in [-0.4, -0.2) is 11.1 Å². The van der Waals surface area contributed by atoms with Gasteiger partial charge in [-0.05, 0) is 43.4 Å². The Balaban J connectivity index is 1.36. The summed E-state index contributed by atoms with van der Waals surface area (Å²) in [7, 11) is 0. The maximum Gasteiger partial charge on any atom is 0.303 e. The van der Waals surface area contributed by atoms with E-state index in [1.165, 1.54) is 51.4 Å². The van der Waals surface area contributed by atoms with E-state index in [9.17, 15) is 4.79 Å². The predicted molar refractivity (Wildman–Crippen MR) is 78.1 cm³/mol. The summed E-state index contributed by atoms with van der Waals surface area (Å²) in [6.45, 7) is 0. The van der Waals surface area contributed by atoms with Gasteiger partial charge in [0.05, 0.1) is 0 Å². The highest BCUT2D eigenvalue weighted by atomic mass is 16.4. The van der Waals surface area contributed by atoms with Crippen molar-refractivity contribution in [1.82, 2.24) is 0 Å². The molecular weight excluding hydrogens is 236 g/mol. The van der Waals surface area contributed by atoms with Crippen molar-refractivity contribution in [2.75, 3.05) is 0 Å². The zero-order valence-electron chi connectivity index (χ0n) is 12.3. The summed E-state index contributed by atoms with van der Waals surface area (Å²) in [5, 5.41) is 8.53. The van der Waals surface area contributed by atoms with Gasteiger partial charge in [-0.2, -0.15) is 0 Å². The maximum atomic E-state index is 10.4. The Kier molecular flexibility index (Phi) is 6.19. The molecule has 2 aliphatic carbocycles.